The summed E-state index contributed by atoms with van der Waals surface area (Å²) in [6, 6.07) is 0. The van der Waals surface area contributed by atoms with Gasteiger partial charge >= 0.3 is 10.5 Å². The molecule has 0 saturated carbocycles. The van der Waals surface area contributed by atoms with Gasteiger partial charge in [0.05, 0.1) is 0 Å². The first-order valence-corrected chi connectivity index (χ1v) is 36.9. The average molecular weight is 1390 g/mol. The second-order valence-corrected chi connectivity index (χ2v) is 36.8. The van der Waals surface area contributed by atoms with Crippen molar-refractivity contribution in [2.24, 2.45) is 27.1 Å². The molecule has 5 aliphatic heterocycles. The van der Waals surface area contributed by atoms with Gasteiger partial charge in [-0.2, -0.15) is 0 Å². The molecule has 5 heterocycles. The van der Waals surface area contributed by atoms with E-state index in [1.165, 1.54) is 13.0 Å². The maximum Gasteiger partial charge on any atom is 0.304 e. The molecule has 0 saturated heterocycles. The number of nitrogens with zero attached hydrogens (tertiary/aromatic N) is 5. The Kier molecular flexibility index (Phi) is 35.5. The Bertz CT molecular complexity index is 2500. The van der Waals surface area contributed by atoms with Crippen LogP contribution in [0.25, 0.3) is 0 Å². The van der Waals surface area contributed by atoms with Crippen molar-refractivity contribution in [1.29, 1.82) is 0 Å². The molecule has 0 unspecified atom stereocenters. The minimum Gasteiger partial charge on any atom is -0.373 e. The van der Waals surface area contributed by atoms with E-state index in [0.717, 1.165) is 151 Å². The van der Waals surface area contributed by atoms with Crippen molar-refractivity contribution in [3.63, 3.8) is 0 Å². The molecule has 0 bridgehead atoms. The molecule has 0 spiro atoms. The van der Waals surface area contributed by atoms with Crippen LogP contribution in [0.1, 0.15) is 308 Å². The molecule has 0 radical (unpaired) electrons. The minimum absolute atomic E-state index is 0.0301. The van der Waals surface area contributed by atoms with Gasteiger partial charge in [0.1, 0.15) is 0 Å². The van der Waals surface area contributed by atoms with Crippen LogP contribution in [0.3, 0.4) is 0 Å². The predicted octanol–water partition coefficient (Wildman–Crippen LogP) is 20.6. The number of hydrogen-bond acceptors (Lipinski definition) is 12. The second kappa shape index (κ2) is 37.7. The smallest absolute Gasteiger partial charge is 0.304 e. The Balaban J connectivity index is 0.000000658. The van der Waals surface area contributed by atoms with Gasteiger partial charge < -0.3 is 24.5 Å². The zero-order valence-corrected chi connectivity index (χ0v) is 67.0. The van der Waals surface area contributed by atoms with Crippen molar-refractivity contribution >= 4 is 84.7 Å². The molecule has 94 heavy (non-hydrogen) atoms. The number of Topliss-reactive ketones (excluding diaryl/α,β-unsaturated/α-hetero) is 3. The van der Waals surface area contributed by atoms with Gasteiger partial charge in [-0.3, -0.25) is 33.6 Å². The first kappa shape index (κ1) is 88.6. The summed E-state index contributed by atoms with van der Waals surface area (Å²) in [6.07, 6.45) is 33.2. The van der Waals surface area contributed by atoms with Crippen LogP contribution in [0.5, 0.6) is 0 Å². The molecule has 0 aromatic heterocycles. The molecule has 0 amide bonds. The normalized spacial score (nSPS) is 19.1. The van der Waals surface area contributed by atoms with Crippen LogP contribution in [-0.2, 0) is 33.6 Å². The van der Waals surface area contributed by atoms with Crippen LogP contribution < -0.4 is 0 Å². The van der Waals surface area contributed by atoms with Crippen molar-refractivity contribution in [2.75, 3.05) is 32.7 Å². The monoisotopic (exact) mass is 1390 g/mol. The van der Waals surface area contributed by atoms with E-state index in [1.54, 1.807) is 0 Å². The third-order valence-corrected chi connectivity index (χ3v) is 20.1. The standard InChI is InChI=1S/C32H56N2O2.C23H40N2O.C11H21N.C10H16Cl2O2.C2Cl2O2/c1-29(2,3)33-21-19-31(7,8)25(23-33)27(35)17-15-13-11-12-14-16-18-28(36)26-24-34(30(4,5)6)22-20-32(26,9)10;1-20(2,3)24-13-11-22(7,8)17(15-24)19(26)18-16-25(21(4,5)6)14-12-23(18,9)10;1-10(2,3)12-8-6-11(4,5)7-9-12;11-9(13)7-5-3-1-2-4-6-8-10(12)14;3-1(5)2(4)6/h23-24H,11-22H2,1-10H3;15-16H,11-14H2,1-10H3;6,8H,7,9H2,1-5H3;1-8H2;. The Hall–Kier alpha value is -3.45. The summed E-state index contributed by atoms with van der Waals surface area (Å²) in [4.78, 5) is 91.2. The largest absolute Gasteiger partial charge is 0.373 e. The first-order valence-electron chi connectivity index (χ1n) is 35.4. The molecule has 12 nitrogen and oxygen atoms in total. The predicted molar refractivity (Wildman–Crippen MR) is 398 cm³/mol. The third kappa shape index (κ3) is 32.5. The molecule has 0 fully saturated rings. The van der Waals surface area contributed by atoms with Gasteiger partial charge in [-0.25, -0.2) is 0 Å². The van der Waals surface area contributed by atoms with Crippen molar-refractivity contribution in [2.45, 2.75) is 336 Å². The Morgan fingerprint density at radius 3 is 0.777 bits per heavy atom. The molecule has 0 aromatic rings. The Labute approximate surface area is 594 Å². The van der Waals surface area contributed by atoms with Crippen molar-refractivity contribution in [1.82, 2.24) is 24.5 Å². The van der Waals surface area contributed by atoms with E-state index in [0.29, 0.717) is 42.7 Å². The van der Waals surface area contributed by atoms with Gasteiger partial charge in [-0.05, 0) is 241 Å². The molecule has 5 rings (SSSR count). The van der Waals surface area contributed by atoms with E-state index < -0.39 is 10.5 Å². The molecular formula is C78H133Cl4N5O7. The molecule has 0 N–H and O–H groups in total. The number of allylic oxidation sites excluding steroid dienone is 5. The summed E-state index contributed by atoms with van der Waals surface area (Å²) < 4.78 is 0. The quantitative estimate of drug-likeness (QED) is 0.0547. The van der Waals surface area contributed by atoms with Crippen LogP contribution in [0.15, 0.2) is 59.4 Å². The lowest BCUT2D eigenvalue weighted by atomic mass is 9.69. The summed E-state index contributed by atoms with van der Waals surface area (Å²) in [5.41, 5.74) is 4.59. The maximum atomic E-state index is 13.7. The fourth-order valence-corrected chi connectivity index (χ4v) is 12.1. The van der Waals surface area contributed by atoms with Crippen molar-refractivity contribution < 1.29 is 33.6 Å². The van der Waals surface area contributed by atoms with E-state index in [1.807, 2.05) is 0 Å². The second-order valence-electron chi connectivity index (χ2n) is 35.3. The summed E-state index contributed by atoms with van der Waals surface area (Å²) in [6.45, 7) is 60.9. The molecule has 5 aliphatic rings. The first-order chi connectivity index (χ1) is 42.6. The summed E-state index contributed by atoms with van der Waals surface area (Å²) >= 11 is 19.4. The summed E-state index contributed by atoms with van der Waals surface area (Å²) in [5, 5.41) is -2.79. The topological polar surface area (TPSA) is 136 Å². The lowest BCUT2D eigenvalue weighted by molar-refractivity contribution is -0.127. The van der Waals surface area contributed by atoms with Crippen LogP contribution in [0, 0.1) is 27.1 Å². The van der Waals surface area contributed by atoms with Crippen LogP contribution in [-0.4, -0.2) is 123 Å². The van der Waals surface area contributed by atoms with Gasteiger partial charge in [0.15, 0.2) is 17.3 Å². The van der Waals surface area contributed by atoms with Crippen LogP contribution >= 0.6 is 46.4 Å². The molecule has 16 heteroatoms. The Morgan fingerprint density at radius 2 is 0.553 bits per heavy atom. The van der Waals surface area contributed by atoms with E-state index in [2.05, 4.69) is 258 Å². The minimum atomic E-state index is -1.14. The van der Waals surface area contributed by atoms with Gasteiger partial charge in [0, 0.05) is 133 Å². The lowest BCUT2D eigenvalue weighted by Gasteiger charge is -2.46. The number of hydrogen-bond donors (Lipinski definition) is 0. The zero-order chi connectivity index (χ0) is 72.9. The number of ketones is 3. The highest BCUT2D eigenvalue weighted by atomic mass is 35.5. The number of unbranched alkanes of at least 4 members (excludes halogenated alkanes) is 10. The highest BCUT2D eigenvalue weighted by Gasteiger charge is 2.43. The van der Waals surface area contributed by atoms with Crippen LogP contribution in [0.2, 0.25) is 0 Å². The molecule has 0 aliphatic carbocycles. The lowest BCUT2D eigenvalue weighted by Crippen LogP contribution is -2.47. The molecule has 540 valence electrons. The summed E-state index contributed by atoms with van der Waals surface area (Å²) in [5.74, 6) is 0.891. The number of rotatable bonds is 23. The van der Waals surface area contributed by atoms with E-state index in [9.17, 15) is 33.6 Å². The highest BCUT2D eigenvalue weighted by molar-refractivity contribution is 6.97. The average Bonchev–Trinajstić information content (AvgIpc) is 0.776. The van der Waals surface area contributed by atoms with Crippen molar-refractivity contribution in [3.05, 3.63) is 59.4 Å². The van der Waals surface area contributed by atoms with Gasteiger partial charge in [-0.1, -0.05) is 127 Å². The SMILES string of the molecule is CC1(C)C=CN(C(C)(C)C)CC1.CC1(C)CCN(C(C)(C)C)C=C1C(=O)C1=CN(C(C)(C)C)CCC1(C)C.CC1(C)CCN(C(C)(C)C)C=C1C(=O)CCCCCCCCC(=O)C1=CN(C(C)(C)C)CCC1(C)C.O=C(Cl)C(=O)Cl.O=C(Cl)CCCCCCCCC(=O)Cl. The molecule has 0 aromatic carbocycles. The van der Waals surface area contributed by atoms with Gasteiger partial charge in [0.25, 0.3) is 0 Å². The van der Waals surface area contributed by atoms with E-state index in [4.69, 9.17) is 23.2 Å². The number of carbonyl (C=O) groups excluding carboxylic acids is 7. The van der Waals surface area contributed by atoms with Gasteiger partial charge in [-0.15, -0.1) is 0 Å². The summed E-state index contributed by atoms with van der Waals surface area (Å²) in [7, 11) is 0. The third-order valence-electron chi connectivity index (χ3n) is 19.3. The van der Waals surface area contributed by atoms with Crippen molar-refractivity contribution in [3.8, 4) is 0 Å². The maximum absolute atomic E-state index is 13.7. The van der Waals surface area contributed by atoms with Crippen LogP contribution in [0.4, 0.5) is 0 Å². The Morgan fingerprint density at radius 1 is 0.330 bits per heavy atom. The van der Waals surface area contributed by atoms with E-state index >= 15 is 0 Å². The number of halogens is 4. The van der Waals surface area contributed by atoms with Gasteiger partial charge in [0.2, 0.25) is 10.5 Å². The van der Waals surface area contributed by atoms with E-state index in [-0.39, 0.29) is 65.6 Å². The zero-order valence-electron chi connectivity index (χ0n) is 64.0. The fraction of sp³-hybridized carbons (Fsp3) is 0.782. The molecular weight excluding hydrogens is 1260 g/mol. The molecule has 0 atom stereocenters. The fourth-order valence-electron chi connectivity index (χ4n) is 11.8. The number of carbonyl (C=O) groups is 7. The highest BCUT2D eigenvalue weighted by Crippen LogP contribution is 2.45.